The third-order valence-corrected chi connectivity index (χ3v) is 5.18. The first-order valence-corrected chi connectivity index (χ1v) is 9.12. The zero-order chi connectivity index (χ0) is 17.9. The molecule has 0 aliphatic rings. The number of hydrogen-bond donors (Lipinski definition) is 1. The van der Waals surface area contributed by atoms with Crippen LogP contribution in [0.1, 0.15) is 30.9 Å². The van der Waals surface area contributed by atoms with E-state index in [1.807, 2.05) is 39.0 Å². The Morgan fingerprint density at radius 1 is 1.00 bits per heavy atom. The Hall–Kier alpha value is -2.21. The summed E-state index contributed by atoms with van der Waals surface area (Å²) in [6, 6.07) is 10.3. The molecule has 0 bridgehead atoms. The molecule has 0 unspecified atom stereocenters. The fourth-order valence-electron chi connectivity index (χ4n) is 2.49. The normalized spacial score (nSPS) is 11.4. The van der Waals surface area contributed by atoms with E-state index in [9.17, 15) is 8.42 Å². The first-order valence-electron chi connectivity index (χ1n) is 7.64. The lowest BCUT2D eigenvalue weighted by atomic mass is 9.99. The molecule has 0 aromatic heterocycles. The first-order chi connectivity index (χ1) is 11.3. The van der Waals surface area contributed by atoms with E-state index in [-0.39, 0.29) is 10.8 Å². The van der Waals surface area contributed by atoms with Gasteiger partial charge in [-0.15, -0.1) is 0 Å². The van der Waals surface area contributed by atoms with Gasteiger partial charge >= 0.3 is 0 Å². The van der Waals surface area contributed by atoms with Gasteiger partial charge in [-0.25, -0.2) is 8.42 Å². The Morgan fingerprint density at radius 3 is 2.25 bits per heavy atom. The smallest absolute Gasteiger partial charge is 0.262 e. The van der Waals surface area contributed by atoms with E-state index < -0.39 is 10.0 Å². The maximum atomic E-state index is 12.8. The monoisotopic (exact) mass is 349 g/mol. The standard InChI is InChI=1S/C18H23NO4S/c1-12(2)15-8-6-7-13(3)18(15)19-24(20,21)14-9-10-16(22-4)17(11-14)23-5/h6-12,19H,1-5H3. The number of ether oxygens (including phenoxy) is 2. The molecule has 0 radical (unpaired) electrons. The van der Waals surface area contributed by atoms with Crippen molar-refractivity contribution in [1.29, 1.82) is 0 Å². The zero-order valence-electron chi connectivity index (χ0n) is 14.6. The average Bonchev–Trinajstić information content (AvgIpc) is 2.55. The number of anilines is 1. The second-order valence-corrected chi connectivity index (χ2v) is 7.50. The highest BCUT2D eigenvalue weighted by Gasteiger charge is 2.20. The van der Waals surface area contributed by atoms with Crippen LogP contribution in [0.25, 0.3) is 0 Å². The predicted molar refractivity (Wildman–Crippen MR) is 95.6 cm³/mol. The van der Waals surface area contributed by atoms with Crippen molar-refractivity contribution in [2.45, 2.75) is 31.6 Å². The van der Waals surface area contributed by atoms with E-state index in [1.54, 1.807) is 6.07 Å². The Labute approximate surface area is 143 Å². The molecule has 1 N–H and O–H groups in total. The zero-order valence-corrected chi connectivity index (χ0v) is 15.4. The number of para-hydroxylation sites is 1. The summed E-state index contributed by atoms with van der Waals surface area (Å²) in [7, 11) is -0.756. The Kier molecular flexibility index (Phi) is 5.39. The second kappa shape index (κ2) is 7.13. The van der Waals surface area contributed by atoms with Crippen molar-refractivity contribution in [2.24, 2.45) is 0 Å². The average molecular weight is 349 g/mol. The minimum absolute atomic E-state index is 0.123. The van der Waals surface area contributed by atoms with E-state index in [0.717, 1.165) is 11.1 Å². The van der Waals surface area contributed by atoms with Gasteiger partial charge < -0.3 is 9.47 Å². The molecule has 0 heterocycles. The first kappa shape index (κ1) is 18.1. The van der Waals surface area contributed by atoms with Gasteiger partial charge in [0.1, 0.15) is 0 Å². The lowest BCUT2D eigenvalue weighted by Crippen LogP contribution is -2.15. The summed E-state index contributed by atoms with van der Waals surface area (Å²) in [5, 5.41) is 0. The topological polar surface area (TPSA) is 64.6 Å². The lowest BCUT2D eigenvalue weighted by Gasteiger charge is -2.18. The molecule has 0 fully saturated rings. The summed E-state index contributed by atoms with van der Waals surface area (Å²) in [6.45, 7) is 5.95. The molecule has 130 valence electrons. The summed E-state index contributed by atoms with van der Waals surface area (Å²) in [5.41, 5.74) is 2.46. The Bertz CT molecular complexity index is 829. The van der Waals surface area contributed by atoms with Crippen molar-refractivity contribution in [2.75, 3.05) is 18.9 Å². The van der Waals surface area contributed by atoms with Gasteiger partial charge in [-0.1, -0.05) is 32.0 Å². The van der Waals surface area contributed by atoms with Gasteiger partial charge in [0.15, 0.2) is 11.5 Å². The molecule has 2 aromatic rings. The van der Waals surface area contributed by atoms with Gasteiger partial charge in [-0.05, 0) is 36.1 Å². The van der Waals surface area contributed by atoms with Gasteiger partial charge in [0.05, 0.1) is 24.8 Å². The van der Waals surface area contributed by atoms with E-state index in [2.05, 4.69) is 4.72 Å². The van der Waals surface area contributed by atoms with Crippen LogP contribution < -0.4 is 14.2 Å². The number of sulfonamides is 1. The molecule has 6 heteroatoms. The minimum atomic E-state index is -3.73. The van der Waals surface area contributed by atoms with Crippen molar-refractivity contribution < 1.29 is 17.9 Å². The van der Waals surface area contributed by atoms with Crippen molar-refractivity contribution in [1.82, 2.24) is 0 Å². The van der Waals surface area contributed by atoms with Crippen LogP contribution in [0, 0.1) is 6.92 Å². The highest BCUT2D eigenvalue weighted by molar-refractivity contribution is 7.92. The molecule has 0 aliphatic carbocycles. The number of methoxy groups -OCH3 is 2. The fourth-order valence-corrected chi connectivity index (χ4v) is 3.66. The molecule has 0 saturated carbocycles. The third kappa shape index (κ3) is 3.64. The summed E-state index contributed by atoms with van der Waals surface area (Å²) in [5.74, 6) is 1.05. The summed E-state index contributed by atoms with van der Waals surface area (Å²) >= 11 is 0. The van der Waals surface area contributed by atoms with Crippen molar-refractivity contribution in [3.05, 3.63) is 47.5 Å². The van der Waals surface area contributed by atoms with Crippen LogP contribution in [0.5, 0.6) is 11.5 Å². The molecule has 2 aromatic carbocycles. The lowest BCUT2D eigenvalue weighted by molar-refractivity contribution is 0.354. The summed E-state index contributed by atoms with van der Waals surface area (Å²) < 4.78 is 38.6. The van der Waals surface area contributed by atoms with Gasteiger partial charge in [0, 0.05) is 6.07 Å². The predicted octanol–water partition coefficient (Wildman–Crippen LogP) is 3.94. The van der Waals surface area contributed by atoms with Crippen LogP contribution in [-0.4, -0.2) is 22.6 Å². The summed E-state index contributed by atoms with van der Waals surface area (Å²) in [4.78, 5) is 0.123. The highest BCUT2D eigenvalue weighted by atomic mass is 32.2. The van der Waals surface area contributed by atoms with E-state index in [1.165, 1.54) is 26.4 Å². The Morgan fingerprint density at radius 2 is 1.67 bits per heavy atom. The number of rotatable bonds is 6. The van der Waals surface area contributed by atoms with Gasteiger partial charge in [0.2, 0.25) is 0 Å². The van der Waals surface area contributed by atoms with Crippen molar-refractivity contribution in [3.8, 4) is 11.5 Å². The Balaban J connectivity index is 2.47. The number of aryl methyl sites for hydroxylation is 1. The summed E-state index contributed by atoms with van der Waals surface area (Å²) in [6.07, 6.45) is 0. The molecule has 5 nitrogen and oxygen atoms in total. The molecule has 24 heavy (non-hydrogen) atoms. The third-order valence-electron chi connectivity index (χ3n) is 3.83. The van der Waals surface area contributed by atoms with E-state index in [0.29, 0.717) is 17.2 Å². The van der Waals surface area contributed by atoms with Crippen molar-refractivity contribution in [3.63, 3.8) is 0 Å². The van der Waals surface area contributed by atoms with Crippen LogP contribution >= 0.6 is 0 Å². The molecule has 0 amide bonds. The van der Waals surface area contributed by atoms with Crippen LogP contribution in [0.2, 0.25) is 0 Å². The molecule has 2 rings (SSSR count). The quantitative estimate of drug-likeness (QED) is 0.858. The fraction of sp³-hybridized carbons (Fsp3) is 0.333. The molecule has 0 saturated heterocycles. The van der Waals surface area contributed by atoms with E-state index >= 15 is 0 Å². The number of hydrogen-bond acceptors (Lipinski definition) is 4. The number of nitrogens with one attached hydrogen (secondary N) is 1. The maximum Gasteiger partial charge on any atom is 0.262 e. The maximum absolute atomic E-state index is 12.8. The molecular formula is C18H23NO4S. The molecule has 0 atom stereocenters. The van der Waals surface area contributed by atoms with Gasteiger partial charge in [0.25, 0.3) is 10.0 Å². The van der Waals surface area contributed by atoms with Gasteiger partial charge in [-0.3, -0.25) is 4.72 Å². The van der Waals surface area contributed by atoms with Gasteiger partial charge in [-0.2, -0.15) is 0 Å². The molecule has 0 spiro atoms. The van der Waals surface area contributed by atoms with Crippen LogP contribution in [-0.2, 0) is 10.0 Å². The van der Waals surface area contributed by atoms with Crippen LogP contribution in [0.4, 0.5) is 5.69 Å². The molecule has 0 aliphatic heterocycles. The second-order valence-electron chi connectivity index (χ2n) is 5.82. The van der Waals surface area contributed by atoms with Crippen LogP contribution in [0.15, 0.2) is 41.3 Å². The minimum Gasteiger partial charge on any atom is -0.493 e. The SMILES string of the molecule is COc1ccc(S(=O)(=O)Nc2c(C)cccc2C(C)C)cc1OC. The van der Waals surface area contributed by atoms with Crippen molar-refractivity contribution >= 4 is 15.7 Å². The molecular weight excluding hydrogens is 326 g/mol. The largest absolute Gasteiger partial charge is 0.493 e. The number of benzene rings is 2. The highest BCUT2D eigenvalue weighted by Crippen LogP contribution is 2.32. The van der Waals surface area contributed by atoms with E-state index in [4.69, 9.17) is 9.47 Å². The van der Waals surface area contributed by atoms with Crippen LogP contribution in [0.3, 0.4) is 0 Å².